The second-order valence-electron chi connectivity index (χ2n) is 7.63. The van der Waals surface area contributed by atoms with Crippen molar-refractivity contribution in [2.45, 2.75) is 19.9 Å². The van der Waals surface area contributed by atoms with Crippen molar-refractivity contribution >= 4 is 34.7 Å². The summed E-state index contributed by atoms with van der Waals surface area (Å²) in [7, 11) is 0. The summed E-state index contributed by atoms with van der Waals surface area (Å²) < 4.78 is 5.52. The van der Waals surface area contributed by atoms with E-state index in [1.54, 1.807) is 67.6 Å². The largest absolute Gasteiger partial charge is 0.507 e. The van der Waals surface area contributed by atoms with Crippen molar-refractivity contribution in [3.8, 4) is 11.5 Å². The summed E-state index contributed by atoms with van der Waals surface area (Å²) in [5.41, 5.74) is 2.03. The monoisotopic (exact) mass is 463 g/mol. The summed E-state index contributed by atoms with van der Waals surface area (Å²) in [6, 6.07) is 17.3. The summed E-state index contributed by atoms with van der Waals surface area (Å²) >= 11 is 6.22. The van der Waals surface area contributed by atoms with Gasteiger partial charge in [-0.25, -0.2) is 0 Å². The first-order chi connectivity index (χ1) is 15.8. The number of aryl methyl sites for hydroxylation is 1. The molecule has 1 aliphatic rings. The number of halogens is 1. The number of aromatic hydroxyl groups is 1. The standard InChI is InChI=1S/C26H22ClNO5/c1-3-33-21-13-17(10-12-20(21)29)23-22(24(30)16-7-5-4-6-8-16)25(31)26(32)28(23)19-14-18(27)11-9-15(19)2/h4-14,23,29-30H,3H2,1-2H3/b24-22+. The van der Waals surface area contributed by atoms with Crippen LogP contribution in [0.25, 0.3) is 5.76 Å². The van der Waals surface area contributed by atoms with Crippen molar-refractivity contribution in [2.24, 2.45) is 0 Å². The zero-order valence-electron chi connectivity index (χ0n) is 18.1. The maximum atomic E-state index is 13.3. The van der Waals surface area contributed by atoms with Gasteiger partial charge in [0.15, 0.2) is 11.5 Å². The Hall–Kier alpha value is -3.77. The molecule has 0 aliphatic carbocycles. The summed E-state index contributed by atoms with van der Waals surface area (Å²) in [5, 5.41) is 21.7. The normalized spacial score (nSPS) is 17.4. The number of hydrogen-bond donors (Lipinski definition) is 2. The molecule has 33 heavy (non-hydrogen) atoms. The fourth-order valence-electron chi connectivity index (χ4n) is 3.96. The van der Waals surface area contributed by atoms with Crippen molar-refractivity contribution in [1.29, 1.82) is 0 Å². The minimum atomic E-state index is -0.956. The molecule has 0 bridgehead atoms. The van der Waals surface area contributed by atoms with Crippen LogP contribution >= 0.6 is 11.6 Å². The molecule has 6 nitrogen and oxygen atoms in total. The van der Waals surface area contributed by atoms with E-state index in [2.05, 4.69) is 0 Å². The van der Waals surface area contributed by atoms with E-state index in [1.807, 2.05) is 6.92 Å². The summed E-state index contributed by atoms with van der Waals surface area (Å²) in [5.74, 6) is -1.74. The van der Waals surface area contributed by atoms with Crippen molar-refractivity contribution < 1.29 is 24.5 Å². The van der Waals surface area contributed by atoms with Crippen LogP contribution < -0.4 is 9.64 Å². The first kappa shape index (κ1) is 22.4. The lowest BCUT2D eigenvalue weighted by Gasteiger charge is -2.27. The molecule has 1 unspecified atom stereocenters. The Balaban J connectivity index is 1.99. The number of aliphatic hydroxyl groups excluding tert-OH is 1. The lowest BCUT2D eigenvalue weighted by Crippen LogP contribution is -2.30. The van der Waals surface area contributed by atoms with Gasteiger partial charge in [0.2, 0.25) is 0 Å². The zero-order chi connectivity index (χ0) is 23.7. The van der Waals surface area contributed by atoms with E-state index in [-0.39, 0.29) is 22.8 Å². The Morgan fingerprint density at radius 1 is 1.06 bits per heavy atom. The highest BCUT2D eigenvalue weighted by atomic mass is 35.5. The van der Waals surface area contributed by atoms with Gasteiger partial charge in [0.1, 0.15) is 5.76 Å². The van der Waals surface area contributed by atoms with Crippen molar-refractivity contribution in [3.63, 3.8) is 0 Å². The van der Waals surface area contributed by atoms with Gasteiger partial charge in [-0.3, -0.25) is 14.5 Å². The number of rotatable bonds is 5. The van der Waals surface area contributed by atoms with E-state index in [9.17, 15) is 19.8 Å². The number of phenolic OH excluding ortho intramolecular Hbond substituents is 1. The number of Topliss-reactive ketones (excluding diaryl/α,β-unsaturated/α-hetero) is 1. The highest BCUT2D eigenvalue weighted by Crippen LogP contribution is 2.45. The number of anilines is 1. The van der Waals surface area contributed by atoms with E-state index in [0.717, 1.165) is 5.56 Å². The molecule has 3 aromatic rings. The fourth-order valence-corrected chi connectivity index (χ4v) is 4.13. The Kier molecular flexibility index (Phi) is 6.11. The Morgan fingerprint density at radius 2 is 1.79 bits per heavy atom. The van der Waals surface area contributed by atoms with Crippen LogP contribution in [0.15, 0.2) is 72.3 Å². The average molecular weight is 464 g/mol. The second-order valence-corrected chi connectivity index (χ2v) is 8.06. The smallest absolute Gasteiger partial charge is 0.300 e. The third-order valence-corrected chi connectivity index (χ3v) is 5.76. The van der Waals surface area contributed by atoms with Crippen LogP contribution in [0.4, 0.5) is 5.69 Å². The van der Waals surface area contributed by atoms with Crippen LogP contribution in [0.1, 0.15) is 29.7 Å². The molecule has 7 heteroatoms. The van der Waals surface area contributed by atoms with Gasteiger partial charge in [0.25, 0.3) is 11.7 Å². The van der Waals surface area contributed by atoms with Crippen LogP contribution in [-0.4, -0.2) is 28.5 Å². The number of carbonyl (C=O) groups excluding carboxylic acids is 2. The van der Waals surface area contributed by atoms with Crippen LogP contribution in [0.2, 0.25) is 5.02 Å². The SMILES string of the molecule is CCOc1cc(C2/C(=C(\O)c3ccccc3)C(=O)C(=O)N2c2cc(Cl)ccc2C)ccc1O. The fraction of sp³-hybridized carbons (Fsp3) is 0.154. The molecule has 0 spiro atoms. The molecule has 4 rings (SSSR count). The number of nitrogens with zero attached hydrogens (tertiary/aromatic N) is 1. The van der Waals surface area contributed by atoms with Crippen molar-refractivity contribution in [3.05, 3.63) is 94.0 Å². The second kappa shape index (κ2) is 9.00. The Labute approximate surface area is 196 Å². The molecule has 0 radical (unpaired) electrons. The molecule has 1 amide bonds. The van der Waals surface area contributed by atoms with Crippen molar-refractivity contribution in [2.75, 3.05) is 11.5 Å². The topological polar surface area (TPSA) is 87.1 Å². The van der Waals surface area contributed by atoms with Crippen LogP contribution in [0.3, 0.4) is 0 Å². The average Bonchev–Trinajstić information content (AvgIpc) is 3.07. The van der Waals surface area contributed by atoms with Gasteiger partial charge in [0, 0.05) is 16.3 Å². The number of ketones is 1. The van der Waals surface area contributed by atoms with E-state index in [4.69, 9.17) is 16.3 Å². The minimum Gasteiger partial charge on any atom is -0.507 e. The maximum Gasteiger partial charge on any atom is 0.300 e. The summed E-state index contributed by atoms with van der Waals surface area (Å²) in [6.45, 7) is 3.90. The molecule has 0 saturated carbocycles. The number of ether oxygens (including phenoxy) is 1. The van der Waals surface area contributed by atoms with Gasteiger partial charge in [0.05, 0.1) is 18.2 Å². The molecular weight excluding hydrogens is 442 g/mol. The predicted octanol–water partition coefficient (Wildman–Crippen LogP) is 5.38. The maximum absolute atomic E-state index is 13.3. The lowest BCUT2D eigenvalue weighted by molar-refractivity contribution is -0.132. The van der Waals surface area contributed by atoms with Gasteiger partial charge in [-0.2, -0.15) is 0 Å². The molecule has 1 aliphatic heterocycles. The number of amides is 1. The highest BCUT2D eigenvalue weighted by Gasteiger charge is 2.47. The zero-order valence-corrected chi connectivity index (χ0v) is 18.8. The molecule has 2 N–H and O–H groups in total. The number of aliphatic hydroxyl groups is 1. The van der Waals surface area contributed by atoms with Crippen LogP contribution in [0, 0.1) is 6.92 Å². The third kappa shape index (κ3) is 4.05. The quantitative estimate of drug-likeness (QED) is 0.301. The highest BCUT2D eigenvalue weighted by molar-refractivity contribution is 6.52. The molecule has 168 valence electrons. The number of carbonyl (C=O) groups is 2. The Morgan fingerprint density at radius 3 is 2.48 bits per heavy atom. The van der Waals surface area contributed by atoms with Crippen LogP contribution in [-0.2, 0) is 9.59 Å². The number of benzene rings is 3. The first-order valence-corrected chi connectivity index (χ1v) is 10.8. The molecule has 3 aromatic carbocycles. The van der Waals surface area contributed by atoms with Crippen molar-refractivity contribution in [1.82, 2.24) is 0 Å². The molecule has 1 saturated heterocycles. The molecule has 0 aromatic heterocycles. The number of phenols is 1. The predicted molar refractivity (Wildman–Crippen MR) is 127 cm³/mol. The van der Waals surface area contributed by atoms with E-state index < -0.39 is 17.7 Å². The van der Waals surface area contributed by atoms with E-state index in [0.29, 0.717) is 28.4 Å². The summed E-state index contributed by atoms with van der Waals surface area (Å²) in [4.78, 5) is 27.9. The first-order valence-electron chi connectivity index (χ1n) is 10.4. The number of hydrogen-bond acceptors (Lipinski definition) is 5. The van der Waals surface area contributed by atoms with Gasteiger partial charge >= 0.3 is 0 Å². The lowest BCUT2D eigenvalue weighted by atomic mass is 9.94. The summed E-state index contributed by atoms with van der Waals surface area (Å²) in [6.07, 6.45) is 0. The van der Waals surface area contributed by atoms with Gasteiger partial charge in [-0.1, -0.05) is 54.1 Å². The molecule has 1 heterocycles. The van der Waals surface area contributed by atoms with Gasteiger partial charge < -0.3 is 14.9 Å². The van der Waals surface area contributed by atoms with E-state index in [1.165, 1.54) is 11.0 Å². The van der Waals surface area contributed by atoms with Crippen LogP contribution in [0.5, 0.6) is 11.5 Å². The minimum absolute atomic E-state index is 0.0567. The Bertz CT molecular complexity index is 1270. The molecule has 1 atom stereocenters. The molecular formula is C26H22ClNO5. The van der Waals surface area contributed by atoms with E-state index >= 15 is 0 Å². The molecule has 1 fully saturated rings. The van der Waals surface area contributed by atoms with Gasteiger partial charge in [-0.05, 0) is 49.2 Å². The van der Waals surface area contributed by atoms with Gasteiger partial charge in [-0.15, -0.1) is 0 Å². The third-order valence-electron chi connectivity index (χ3n) is 5.52.